The number of benzene rings is 2. The Hall–Kier alpha value is -2.55. The highest BCUT2D eigenvalue weighted by Crippen LogP contribution is 2.22. The Bertz CT molecular complexity index is 886. The van der Waals surface area contributed by atoms with Gasteiger partial charge in [0.1, 0.15) is 11.9 Å². The van der Waals surface area contributed by atoms with Crippen LogP contribution < -0.4 is 9.62 Å². The van der Waals surface area contributed by atoms with Gasteiger partial charge in [0.15, 0.2) is 11.6 Å². The van der Waals surface area contributed by atoms with E-state index in [-0.39, 0.29) is 11.4 Å². The van der Waals surface area contributed by atoms with Crippen molar-refractivity contribution in [2.75, 3.05) is 15.9 Å². The Morgan fingerprint density at radius 1 is 1.04 bits per heavy atom. The van der Waals surface area contributed by atoms with Crippen LogP contribution in [0.2, 0.25) is 0 Å². The maximum absolute atomic E-state index is 13.2. The van der Waals surface area contributed by atoms with E-state index >= 15 is 0 Å². The summed E-state index contributed by atoms with van der Waals surface area (Å²) in [7, 11) is -3.87. The van der Waals surface area contributed by atoms with E-state index in [0.717, 1.165) is 40.9 Å². The van der Waals surface area contributed by atoms with Gasteiger partial charge in [-0.15, -0.1) is 0 Å². The number of amides is 1. The number of sulfonamides is 1. The summed E-state index contributed by atoms with van der Waals surface area (Å²) >= 11 is 0. The Morgan fingerprint density at radius 2 is 1.64 bits per heavy atom. The van der Waals surface area contributed by atoms with Crippen molar-refractivity contribution < 1.29 is 26.4 Å². The topological polar surface area (TPSA) is 66.5 Å². The normalized spacial score (nSPS) is 12.5. The molecule has 1 atom stereocenters. The average Bonchev–Trinajstić information content (AvgIpc) is 2.51. The number of anilines is 2. The van der Waals surface area contributed by atoms with Crippen LogP contribution in [0.1, 0.15) is 6.92 Å². The van der Waals surface area contributed by atoms with Gasteiger partial charge in [0.25, 0.3) is 0 Å². The van der Waals surface area contributed by atoms with Crippen LogP contribution in [0.15, 0.2) is 42.5 Å². The second kappa shape index (κ2) is 7.14. The van der Waals surface area contributed by atoms with Crippen LogP contribution in [0.4, 0.5) is 24.5 Å². The zero-order valence-corrected chi connectivity index (χ0v) is 14.1. The fourth-order valence-corrected chi connectivity index (χ4v) is 3.39. The summed E-state index contributed by atoms with van der Waals surface area (Å²) < 4.78 is 64.1. The van der Waals surface area contributed by atoms with Crippen molar-refractivity contribution in [2.45, 2.75) is 13.0 Å². The van der Waals surface area contributed by atoms with Crippen LogP contribution in [-0.2, 0) is 14.8 Å². The molecule has 9 heteroatoms. The molecule has 134 valence electrons. The van der Waals surface area contributed by atoms with E-state index in [1.54, 1.807) is 0 Å². The lowest BCUT2D eigenvalue weighted by atomic mass is 10.2. The summed E-state index contributed by atoms with van der Waals surface area (Å²) in [6.07, 6.45) is 0.900. The highest BCUT2D eigenvalue weighted by atomic mass is 32.2. The third-order valence-electron chi connectivity index (χ3n) is 3.36. The highest BCUT2D eigenvalue weighted by molar-refractivity contribution is 7.92. The molecule has 0 aromatic heterocycles. The van der Waals surface area contributed by atoms with Gasteiger partial charge in [0, 0.05) is 11.8 Å². The van der Waals surface area contributed by atoms with Crippen molar-refractivity contribution in [2.24, 2.45) is 0 Å². The minimum atomic E-state index is -3.87. The van der Waals surface area contributed by atoms with Crippen molar-refractivity contribution in [3.8, 4) is 0 Å². The van der Waals surface area contributed by atoms with E-state index in [9.17, 15) is 26.4 Å². The minimum absolute atomic E-state index is 0.0247. The summed E-state index contributed by atoms with van der Waals surface area (Å²) in [6.45, 7) is 1.32. The molecule has 0 aliphatic carbocycles. The van der Waals surface area contributed by atoms with Crippen molar-refractivity contribution in [3.05, 3.63) is 59.9 Å². The molecule has 2 aromatic carbocycles. The van der Waals surface area contributed by atoms with E-state index in [2.05, 4.69) is 5.32 Å². The summed E-state index contributed by atoms with van der Waals surface area (Å²) in [5.74, 6) is -3.55. The number of halogens is 3. The van der Waals surface area contributed by atoms with Crippen LogP contribution in [0, 0.1) is 17.5 Å². The quantitative estimate of drug-likeness (QED) is 0.878. The molecule has 0 aliphatic rings. The van der Waals surface area contributed by atoms with E-state index in [0.29, 0.717) is 0 Å². The van der Waals surface area contributed by atoms with Crippen LogP contribution >= 0.6 is 0 Å². The molecule has 0 saturated carbocycles. The second-order valence-electron chi connectivity index (χ2n) is 5.33. The van der Waals surface area contributed by atoms with E-state index in [4.69, 9.17) is 0 Å². The highest BCUT2D eigenvalue weighted by Gasteiger charge is 2.29. The molecule has 2 rings (SSSR count). The third kappa shape index (κ3) is 4.50. The van der Waals surface area contributed by atoms with Gasteiger partial charge >= 0.3 is 0 Å². The van der Waals surface area contributed by atoms with Gasteiger partial charge in [-0.25, -0.2) is 21.6 Å². The molecule has 1 N–H and O–H groups in total. The predicted octanol–water partition coefficient (Wildman–Crippen LogP) is 2.90. The van der Waals surface area contributed by atoms with Gasteiger partial charge in [0.05, 0.1) is 11.9 Å². The van der Waals surface area contributed by atoms with Gasteiger partial charge in [-0.2, -0.15) is 0 Å². The van der Waals surface area contributed by atoms with Crippen LogP contribution in [-0.4, -0.2) is 26.6 Å². The molecule has 5 nitrogen and oxygen atoms in total. The molecule has 0 spiro atoms. The van der Waals surface area contributed by atoms with Gasteiger partial charge in [-0.3, -0.25) is 9.10 Å². The van der Waals surface area contributed by atoms with Crippen LogP contribution in [0.5, 0.6) is 0 Å². The monoisotopic (exact) mass is 372 g/mol. The summed E-state index contributed by atoms with van der Waals surface area (Å²) in [6, 6.07) is 6.11. The SMILES string of the molecule is C[C@@H](C(=O)Nc1ccc(F)c(F)c1)N(c1ccc(F)cc1)S(C)(=O)=O. The number of carbonyl (C=O) groups excluding carboxylic acids is 1. The molecule has 0 aliphatic heterocycles. The molecular formula is C16H15F3N2O3S. The van der Waals surface area contributed by atoms with Crippen molar-refractivity contribution >= 4 is 27.3 Å². The number of nitrogens with zero attached hydrogens (tertiary/aromatic N) is 1. The molecule has 0 heterocycles. The number of carbonyl (C=O) groups is 1. The Kier molecular flexibility index (Phi) is 5.36. The molecular weight excluding hydrogens is 357 g/mol. The van der Waals surface area contributed by atoms with Gasteiger partial charge in [-0.1, -0.05) is 0 Å². The summed E-state index contributed by atoms with van der Waals surface area (Å²) in [4.78, 5) is 12.3. The Balaban J connectivity index is 2.29. The first-order valence-corrected chi connectivity index (χ1v) is 8.95. The standard InChI is InChI=1S/C16H15F3N2O3S/c1-10(16(22)20-12-5-8-14(18)15(19)9-12)21(25(2,23)24)13-6-3-11(17)4-7-13/h3-10H,1-2H3,(H,20,22)/t10-/m0/s1. The van der Waals surface area contributed by atoms with Gasteiger partial charge < -0.3 is 5.32 Å². The molecule has 0 saturated heterocycles. The zero-order chi connectivity index (χ0) is 18.8. The number of hydrogen-bond acceptors (Lipinski definition) is 3. The molecule has 0 fully saturated rings. The van der Waals surface area contributed by atoms with E-state index in [1.807, 2.05) is 0 Å². The molecule has 0 radical (unpaired) electrons. The van der Waals surface area contributed by atoms with Gasteiger partial charge in [0.2, 0.25) is 15.9 Å². The lowest BCUT2D eigenvalue weighted by Crippen LogP contribution is -2.45. The fourth-order valence-electron chi connectivity index (χ4n) is 2.22. The summed E-state index contributed by atoms with van der Waals surface area (Å²) in [5, 5.41) is 2.32. The van der Waals surface area contributed by atoms with Crippen LogP contribution in [0.3, 0.4) is 0 Å². The lowest BCUT2D eigenvalue weighted by Gasteiger charge is -2.28. The number of rotatable bonds is 5. The summed E-state index contributed by atoms with van der Waals surface area (Å²) in [5.41, 5.74) is 0.0696. The molecule has 1 amide bonds. The Labute approximate surface area is 143 Å². The third-order valence-corrected chi connectivity index (χ3v) is 4.60. The zero-order valence-electron chi connectivity index (χ0n) is 13.3. The predicted molar refractivity (Wildman–Crippen MR) is 88.2 cm³/mol. The molecule has 2 aromatic rings. The number of hydrogen-bond donors (Lipinski definition) is 1. The fraction of sp³-hybridized carbons (Fsp3) is 0.188. The van der Waals surface area contributed by atoms with Gasteiger partial charge in [-0.05, 0) is 43.3 Å². The van der Waals surface area contributed by atoms with Crippen molar-refractivity contribution in [1.29, 1.82) is 0 Å². The van der Waals surface area contributed by atoms with E-state index < -0.39 is 39.4 Å². The van der Waals surface area contributed by atoms with Crippen LogP contribution in [0.25, 0.3) is 0 Å². The van der Waals surface area contributed by atoms with Crippen molar-refractivity contribution in [3.63, 3.8) is 0 Å². The number of nitrogens with one attached hydrogen (secondary N) is 1. The minimum Gasteiger partial charge on any atom is -0.324 e. The Morgan fingerprint density at radius 3 is 2.16 bits per heavy atom. The lowest BCUT2D eigenvalue weighted by molar-refractivity contribution is -0.116. The largest absolute Gasteiger partial charge is 0.324 e. The maximum Gasteiger partial charge on any atom is 0.247 e. The first kappa shape index (κ1) is 18.8. The molecule has 0 bridgehead atoms. The van der Waals surface area contributed by atoms with E-state index in [1.165, 1.54) is 19.1 Å². The first-order chi connectivity index (χ1) is 11.6. The second-order valence-corrected chi connectivity index (χ2v) is 7.19. The average molecular weight is 372 g/mol. The maximum atomic E-state index is 13.2. The first-order valence-electron chi connectivity index (χ1n) is 7.10. The molecule has 0 unspecified atom stereocenters. The smallest absolute Gasteiger partial charge is 0.247 e. The van der Waals surface area contributed by atoms with Crippen molar-refractivity contribution in [1.82, 2.24) is 0 Å². The molecule has 25 heavy (non-hydrogen) atoms.